The standard InChI is InChI=1S/C12H24N2O2/c1-12(2)9-14(6-5-13(12)3)10-8-16-7-4-11(10)15/h10-11,15H,4-9H2,1-3H3. The topological polar surface area (TPSA) is 35.9 Å². The fourth-order valence-corrected chi connectivity index (χ4v) is 2.62. The maximum absolute atomic E-state index is 10.0. The molecule has 2 aliphatic heterocycles. The maximum Gasteiger partial charge on any atom is 0.0739 e. The highest BCUT2D eigenvalue weighted by atomic mass is 16.5. The highest BCUT2D eigenvalue weighted by Gasteiger charge is 2.37. The van der Waals surface area contributed by atoms with Crippen LogP contribution in [-0.4, -0.2) is 72.5 Å². The Morgan fingerprint density at radius 2 is 2.06 bits per heavy atom. The van der Waals surface area contributed by atoms with Crippen molar-refractivity contribution in [3.8, 4) is 0 Å². The van der Waals surface area contributed by atoms with Crippen molar-refractivity contribution in [2.75, 3.05) is 39.9 Å². The summed E-state index contributed by atoms with van der Waals surface area (Å²) in [7, 11) is 2.17. The number of ether oxygens (including phenoxy) is 1. The van der Waals surface area contributed by atoms with Gasteiger partial charge in [-0.05, 0) is 27.3 Å². The lowest BCUT2D eigenvalue weighted by atomic mass is 9.96. The van der Waals surface area contributed by atoms with Crippen LogP contribution >= 0.6 is 0 Å². The second-order valence-electron chi connectivity index (χ2n) is 5.70. The Morgan fingerprint density at radius 3 is 2.69 bits per heavy atom. The summed E-state index contributed by atoms with van der Waals surface area (Å²) in [4.78, 5) is 4.78. The fraction of sp³-hybridized carbons (Fsp3) is 1.00. The van der Waals surface area contributed by atoms with Crippen LogP contribution in [0.2, 0.25) is 0 Å². The van der Waals surface area contributed by atoms with E-state index in [9.17, 15) is 5.11 Å². The molecule has 94 valence electrons. The number of hydrogen-bond donors (Lipinski definition) is 1. The van der Waals surface area contributed by atoms with Gasteiger partial charge in [0, 0.05) is 31.8 Å². The number of nitrogens with zero attached hydrogens (tertiary/aromatic N) is 2. The molecule has 0 amide bonds. The molecule has 16 heavy (non-hydrogen) atoms. The van der Waals surface area contributed by atoms with Crippen molar-refractivity contribution < 1.29 is 9.84 Å². The molecule has 0 aliphatic carbocycles. The Labute approximate surface area is 98.2 Å². The molecule has 0 aromatic rings. The summed E-state index contributed by atoms with van der Waals surface area (Å²) in [6, 6.07) is 0.196. The molecule has 4 heteroatoms. The van der Waals surface area contributed by atoms with Crippen LogP contribution in [0.1, 0.15) is 20.3 Å². The Hall–Kier alpha value is -0.160. The van der Waals surface area contributed by atoms with E-state index in [2.05, 4.69) is 30.7 Å². The predicted molar refractivity (Wildman–Crippen MR) is 63.5 cm³/mol. The molecule has 0 aromatic heterocycles. The van der Waals surface area contributed by atoms with Gasteiger partial charge in [0.25, 0.3) is 0 Å². The Morgan fingerprint density at radius 1 is 1.31 bits per heavy atom. The van der Waals surface area contributed by atoms with Gasteiger partial charge in [-0.15, -0.1) is 0 Å². The van der Waals surface area contributed by atoms with Gasteiger partial charge in [-0.3, -0.25) is 9.80 Å². The summed E-state index contributed by atoms with van der Waals surface area (Å²) >= 11 is 0. The molecular weight excluding hydrogens is 204 g/mol. The second kappa shape index (κ2) is 4.61. The molecule has 0 aromatic carbocycles. The lowest BCUT2D eigenvalue weighted by Gasteiger charge is -2.49. The Kier molecular flexibility index (Phi) is 3.54. The van der Waals surface area contributed by atoms with E-state index in [1.54, 1.807) is 0 Å². The van der Waals surface area contributed by atoms with Gasteiger partial charge in [0.2, 0.25) is 0 Å². The molecule has 4 nitrogen and oxygen atoms in total. The highest BCUT2D eigenvalue weighted by Crippen LogP contribution is 2.23. The van der Waals surface area contributed by atoms with Gasteiger partial charge < -0.3 is 9.84 Å². The third-order valence-electron chi connectivity index (χ3n) is 4.11. The molecule has 2 fully saturated rings. The number of hydrogen-bond acceptors (Lipinski definition) is 4. The quantitative estimate of drug-likeness (QED) is 0.694. The van der Waals surface area contributed by atoms with Gasteiger partial charge in [0.1, 0.15) is 0 Å². The minimum Gasteiger partial charge on any atom is -0.391 e. The lowest BCUT2D eigenvalue weighted by Crippen LogP contribution is -2.63. The van der Waals surface area contributed by atoms with Crippen LogP contribution in [0.5, 0.6) is 0 Å². The summed E-state index contributed by atoms with van der Waals surface area (Å²) < 4.78 is 5.49. The number of aliphatic hydroxyl groups is 1. The van der Waals surface area contributed by atoms with Crippen molar-refractivity contribution in [2.45, 2.75) is 38.0 Å². The van der Waals surface area contributed by atoms with Crippen molar-refractivity contribution in [3.05, 3.63) is 0 Å². The van der Waals surface area contributed by atoms with Crippen LogP contribution < -0.4 is 0 Å². The molecule has 2 saturated heterocycles. The molecule has 2 aliphatic rings. The third-order valence-corrected chi connectivity index (χ3v) is 4.11. The summed E-state index contributed by atoms with van der Waals surface area (Å²) in [5, 5.41) is 10.0. The molecule has 1 N–H and O–H groups in total. The Balaban J connectivity index is 1.99. The summed E-state index contributed by atoms with van der Waals surface area (Å²) in [5.74, 6) is 0. The van der Waals surface area contributed by atoms with Crippen molar-refractivity contribution in [1.82, 2.24) is 9.80 Å². The van der Waals surface area contributed by atoms with E-state index in [4.69, 9.17) is 4.74 Å². The van der Waals surface area contributed by atoms with E-state index >= 15 is 0 Å². The first-order chi connectivity index (χ1) is 7.50. The van der Waals surface area contributed by atoms with Crippen molar-refractivity contribution in [2.24, 2.45) is 0 Å². The van der Waals surface area contributed by atoms with E-state index in [1.165, 1.54) is 0 Å². The third kappa shape index (κ3) is 2.40. The van der Waals surface area contributed by atoms with Crippen LogP contribution in [0, 0.1) is 0 Å². The number of piperazine rings is 1. The van der Waals surface area contributed by atoms with E-state index < -0.39 is 0 Å². The summed E-state index contributed by atoms with van der Waals surface area (Å²) in [6.45, 7) is 9.01. The van der Waals surface area contributed by atoms with Crippen LogP contribution in [0.3, 0.4) is 0 Å². The molecule has 0 radical (unpaired) electrons. The van der Waals surface area contributed by atoms with Gasteiger partial charge in [-0.25, -0.2) is 0 Å². The molecule has 0 saturated carbocycles. The second-order valence-corrected chi connectivity index (χ2v) is 5.70. The zero-order valence-corrected chi connectivity index (χ0v) is 10.6. The predicted octanol–water partition coefficient (Wildman–Crippen LogP) is 0.162. The number of aliphatic hydroxyl groups excluding tert-OH is 1. The molecular formula is C12H24N2O2. The van der Waals surface area contributed by atoms with E-state index in [0.717, 1.165) is 26.1 Å². The average Bonchev–Trinajstić information content (AvgIpc) is 2.23. The zero-order chi connectivity index (χ0) is 11.8. The fourth-order valence-electron chi connectivity index (χ4n) is 2.62. The van der Waals surface area contributed by atoms with Crippen LogP contribution in [0.25, 0.3) is 0 Å². The van der Waals surface area contributed by atoms with Gasteiger partial charge in [-0.1, -0.05) is 0 Å². The molecule has 2 heterocycles. The molecule has 2 atom stereocenters. The number of likely N-dealkylation sites (N-methyl/N-ethyl adjacent to an activating group) is 1. The number of rotatable bonds is 1. The lowest BCUT2D eigenvalue weighted by molar-refractivity contribution is -0.0880. The molecule has 0 spiro atoms. The average molecular weight is 228 g/mol. The first-order valence-corrected chi connectivity index (χ1v) is 6.22. The van der Waals surface area contributed by atoms with Gasteiger partial charge in [-0.2, -0.15) is 0 Å². The first kappa shape index (κ1) is 12.3. The maximum atomic E-state index is 10.0. The minimum absolute atomic E-state index is 0.190. The monoisotopic (exact) mass is 228 g/mol. The summed E-state index contributed by atoms with van der Waals surface area (Å²) in [5.41, 5.74) is 0.190. The van der Waals surface area contributed by atoms with Crippen LogP contribution in [0.4, 0.5) is 0 Å². The van der Waals surface area contributed by atoms with Crippen molar-refractivity contribution in [3.63, 3.8) is 0 Å². The first-order valence-electron chi connectivity index (χ1n) is 6.22. The minimum atomic E-state index is -0.215. The summed E-state index contributed by atoms with van der Waals surface area (Å²) in [6.07, 6.45) is 0.560. The van der Waals surface area contributed by atoms with Crippen molar-refractivity contribution >= 4 is 0 Å². The van der Waals surface area contributed by atoms with Crippen molar-refractivity contribution in [1.29, 1.82) is 0 Å². The molecule has 2 rings (SSSR count). The van der Waals surface area contributed by atoms with Gasteiger partial charge in [0.15, 0.2) is 0 Å². The Bertz CT molecular complexity index is 245. The van der Waals surface area contributed by atoms with Gasteiger partial charge in [0.05, 0.1) is 18.8 Å². The van der Waals surface area contributed by atoms with Crippen LogP contribution in [-0.2, 0) is 4.74 Å². The van der Waals surface area contributed by atoms with E-state index in [-0.39, 0.29) is 17.7 Å². The SMILES string of the molecule is CN1CCN(C2COCCC2O)CC1(C)C. The molecule has 2 unspecified atom stereocenters. The normalized spacial score (nSPS) is 37.5. The largest absolute Gasteiger partial charge is 0.391 e. The highest BCUT2D eigenvalue weighted by molar-refractivity contribution is 4.93. The van der Waals surface area contributed by atoms with Gasteiger partial charge >= 0.3 is 0 Å². The van der Waals surface area contributed by atoms with E-state index in [0.29, 0.717) is 13.2 Å². The van der Waals surface area contributed by atoms with Crippen LogP contribution in [0.15, 0.2) is 0 Å². The van der Waals surface area contributed by atoms with E-state index in [1.807, 2.05) is 0 Å². The smallest absolute Gasteiger partial charge is 0.0739 e. The zero-order valence-electron chi connectivity index (χ0n) is 10.6. The molecule has 0 bridgehead atoms.